The van der Waals surface area contributed by atoms with E-state index in [0.29, 0.717) is 18.0 Å². The predicted octanol–water partition coefficient (Wildman–Crippen LogP) is 2.75. The molecule has 1 fully saturated rings. The Labute approximate surface area is 126 Å². The Morgan fingerprint density at radius 2 is 1.86 bits per heavy atom. The van der Waals surface area contributed by atoms with Gasteiger partial charge >= 0.3 is 0 Å². The zero-order chi connectivity index (χ0) is 15.2. The second-order valence-corrected chi connectivity index (χ2v) is 6.08. The summed E-state index contributed by atoms with van der Waals surface area (Å²) in [6, 6.07) is 7.23. The molecule has 0 aromatic heterocycles. The number of benzene rings is 1. The number of carbonyl (C=O) groups is 1. The number of nitrogens with one attached hydrogen (secondary N) is 1. The van der Waals surface area contributed by atoms with E-state index in [0.717, 1.165) is 31.4 Å². The molecule has 1 amide bonds. The van der Waals surface area contributed by atoms with Crippen molar-refractivity contribution >= 4 is 5.91 Å². The molecule has 0 bridgehead atoms. The van der Waals surface area contributed by atoms with E-state index in [9.17, 15) is 9.90 Å². The summed E-state index contributed by atoms with van der Waals surface area (Å²) in [5, 5.41) is 12.5. The van der Waals surface area contributed by atoms with Crippen molar-refractivity contribution in [3.05, 3.63) is 29.8 Å². The van der Waals surface area contributed by atoms with Gasteiger partial charge in [0.2, 0.25) is 0 Å². The third kappa shape index (κ3) is 5.05. The fraction of sp³-hybridized carbons (Fsp3) is 0.588. The normalized spacial score (nSPS) is 22.1. The van der Waals surface area contributed by atoms with Crippen LogP contribution in [0.5, 0.6) is 5.75 Å². The van der Waals surface area contributed by atoms with Crippen LogP contribution in [0.1, 0.15) is 49.9 Å². The smallest absolute Gasteiger partial charge is 0.251 e. The largest absolute Gasteiger partial charge is 0.491 e. The molecule has 0 heterocycles. The van der Waals surface area contributed by atoms with Gasteiger partial charge in [0, 0.05) is 12.1 Å². The summed E-state index contributed by atoms with van der Waals surface area (Å²) in [7, 11) is 0. The highest BCUT2D eigenvalue weighted by Crippen LogP contribution is 2.23. The van der Waals surface area contributed by atoms with Crippen molar-refractivity contribution in [2.45, 2.75) is 51.7 Å². The highest BCUT2D eigenvalue weighted by Gasteiger charge is 2.19. The van der Waals surface area contributed by atoms with E-state index < -0.39 is 0 Å². The first-order chi connectivity index (χ1) is 10.0. The number of amides is 1. The number of aliphatic hydroxyl groups is 1. The van der Waals surface area contributed by atoms with Crippen LogP contribution in [0.25, 0.3) is 0 Å². The van der Waals surface area contributed by atoms with Crippen molar-refractivity contribution in [2.24, 2.45) is 5.92 Å². The van der Waals surface area contributed by atoms with Gasteiger partial charge in [-0.1, -0.05) is 0 Å². The number of hydrogen-bond acceptors (Lipinski definition) is 3. The van der Waals surface area contributed by atoms with Crippen molar-refractivity contribution in [3.63, 3.8) is 0 Å². The molecule has 0 spiro atoms. The monoisotopic (exact) mass is 291 g/mol. The molecule has 2 rings (SSSR count). The lowest BCUT2D eigenvalue weighted by Crippen LogP contribution is -2.32. The van der Waals surface area contributed by atoms with E-state index in [1.54, 1.807) is 12.1 Å². The van der Waals surface area contributed by atoms with Crippen molar-refractivity contribution in [1.29, 1.82) is 0 Å². The van der Waals surface area contributed by atoms with Crippen molar-refractivity contribution in [2.75, 3.05) is 6.54 Å². The van der Waals surface area contributed by atoms with Crippen molar-refractivity contribution in [3.8, 4) is 5.75 Å². The lowest BCUT2D eigenvalue weighted by atomic mass is 9.87. The summed E-state index contributed by atoms with van der Waals surface area (Å²) in [5.41, 5.74) is 0.655. The molecule has 1 aromatic rings. The third-order valence-electron chi connectivity index (χ3n) is 3.86. The van der Waals surface area contributed by atoms with Crippen LogP contribution in [0.15, 0.2) is 24.3 Å². The second-order valence-electron chi connectivity index (χ2n) is 6.08. The number of ether oxygens (including phenoxy) is 1. The average molecular weight is 291 g/mol. The molecule has 1 aromatic carbocycles. The first-order valence-electron chi connectivity index (χ1n) is 7.77. The fourth-order valence-corrected chi connectivity index (χ4v) is 2.65. The van der Waals surface area contributed by atoms with Gasteiger partial charge < -0.3 is 15.2 Å². The molecule has 0 unspecified atom stereocenters. The van der Waals surface area contributed by atoms with Gasteiger partial charge in [0.25, 0.3) is 5.91 Å². The molecule has 0 saturated heterocycles. The Hall–Kier alpha value is -1.55. The molecule has 0 aliphatic heterocycles. The number of rotatable bonds is 5. The van der Waals surface area contributed by atoms with Gasteiger partial charge in [-0.3, -0.25) is 4.79 Å². The van der Waals surface area contributed by atoms with Gasteiger partial charge in [0.1, 0.15) is 5.75 Å². The van der Waals surface area contributed by atoms with Crippen LogP contribution in [-0.4, -0.2) is 29.8 Å². The van der Waals surface area contributed by atoms with Crippen LogP contribution in [0.3, 0.4) is 0 Å². The summed E-state index contributed by atoms with van der Waals surface area (Å²) in [5.74, 6) is 1.22. The van der Waals surface area contributed by atoms with Crippen LogP contribution < -0.4 is 10.1 Å². The molecular formula is C17H25NO3. The van der Waals surface area contributed by atoms with Gasteiger partial charge in [-0.2, -0.15) is 0 Å². The first kappa shape index (κ1) is 15.8. The zero-order valence-corrected chi connectivity index (χ0v) is 12.8. The van der Waals surface area contributed by atoms with E-state index in [2.05, 4.69) is 5.32 Å². The molecule has 21 heavy (non-hydrogen) atoms. The molecule has 4 nitrogen and oxygen atoms in total. The van der Waals surface area contributed by atoms with Gasteiger partial charge in [-0.25, -0.2) is 0 Å². The van der Waals surface area contributed by atoms with E-state index >= 15 is 0 Å². The van der Waals surface area contributed by atoms with Crippen LogP contribution >= 0.6 is 0 Å². The second kappa shape index (κ2) is 7.46. The predicted molar refractivity (Wildman–Crippen MR) is 82.5 cm³/mol. The van der Waals surface area contributed by atoms with E-state index in [1.807, 2.05) is 26.0 Å². The fourth-order valence-electron chi connectivity index (χ4n) is 2.65. The van der Waals surface area contributed by atoms with E-state index in [-0.39, 0.29) is 18.1 Å². The number of carbonyl (C=O) groups excluding carboxylic acids is 1. The highest BCUT2D eigenvalue weighted by atomic mass is 16.5. The zero-order valence-electron chi connectivity index (χ0n) is 12.8. The van der Waals surface area contributed by atoms with Crippen LogP contribution in [-0.2, 0) is 0 Å². The molecule has 1 saturated carbocycles. The maximum atomic E-state index is 12.1. The summed E-state index contributed by atoms with van der Waals surface area (Å²) < 4.78 is 5.56. The lowest BCUT2D eigenvalue weighted by molar-refractivity contribution is 0.0910. The minimum Gasteiger partial charge on any atom is -0.491 e. The van der Waals surface area contributed by atoms with Crippen molar-refractivity contribution in [1.82, 2.24) is 5.32 Å². The van der Waals surface area contributed by atoms with Gasteiger partial charge in [0.05, 0.1) is 12.2 Å². The average Bonchev–Trinajstić information content (AvgIpc) is 2.46. The number of hydrogen-bond donors (Lipinski definition) is 2. The molecule has 0 atom stereocenters. The molecule has 116 valence electrons. The third-order valence-corrected chi connectivity index (χ3v) is 3.86. The topological polar surface area (TPSA) is 58.6 Å². The molecule has 0 radical (unpaired) electrons. The Kier molecular flexibility index (Phi) is 5.62. The van der Waals surface area contributed by atoms with E-state index in [1.165, 1.54) is 0 Å². The highest BCUT2D eigenvalue weighted by molar-refractivity contribution is 5.94. The summed E-state index contributed by atoms with van der Waals surface area (Å²) >= 11 is 0. The Balaban J connectivity index is 1.80. The number of aliphatic hydroxyl groups excluding tert-OH is 1. The summed E-state index contributed by atoms with van der Waals surface area (Å²) in [4.78, 5) is 12.1. The van der Waals surface area contributed by atoms with E-state index in [4.69, 9.17) is 4.74 Å². The SMILES string of the molecule is CC(C)Oc1ccc(C(=O)NCC2CCC(O)CC2)cc1. The van der Waals surface area contributed by atoms with Gasteiger partial charge in [-0.05, 0) is 69.7 Å². The maximum absolute atomic E-state index is 12.1. The molecule has 1 aliphatic rings. The summed E-state index contributed by atoms with van der Waals surface area (Å²) in [6.45, 7) is 4.64. The van der Waals surface area contributed by atoms with Gasteiger partial charge in [-0.15, -0.1) is 0 Å². The molecule has 2 N–H and O–H groups in total. The summed E-state index contributed by atoms with van der Waals surface area (Å²) in [6.07, 6.45) is 3.66. The standard InChI is InChI=1S/C17H25NO3/c1-12(2)21-16-9-5-14(6-10-16)17(20)18-11-13-3-7-15(19)8-4-13/h5-6,9-10,12-13,15,19H,3-4,7-8,11H2,1-2H3,(H,18,20). The Bertz CT molecular complexity index is 448. The minimum absolute atomic E-state index is 0.0442. The maximum Gasteiger partial charge on any atom is 0.251 e. The molecule has 4 heteroatoms. The molecular weight excluding hydrogens is 266 g/mol. The van der Waals surface area contributed by atoms with Crippen LogP contribution in [0.2, 0.25) is 0 Å². The van der Waals surface area contributed by atoms with Gasteiger partial charge in [0.15, 0.2) is 0 Å². The minimum atomic E-state index is -0.148. The van der Waals surface area contributed by atoms with Crippen molar-refractivity contribution < 1.29 is 14.6 Å². The Morgan fingerprint density at radius 1 is 1.24 bits per heavy atom. The lowest BCUT2D eigenvalue weighted by Gasteiger charge is -2.25. The van der Waals surface area contributed by atoms with Crippen LogP contribution in [0, 0.1) is 5.92 Å². The van der Waals surface area contributed by atoms with Crippen LogP contribution in [0.4, 0.5) is 0 Å². The Morgan fingerprint density at radius 3 is 2.43 bits per heavy atom. The quantitative estimate of drug-likeness (QED) is 0.877. The first-order valence-corrected chi connectivity index (χ1v) is 7.77. The molecule has 1 aliphatic carbocycles.